The molecular formula is C33H46N5O3+. The van der Waals surface area contributed by atoms with Crippen molar-refractivity contribution in [2.24, 2.45) is 30.2 Å². The topological polar surface area (TPSA) is 93.1 Å². The molecule has 3 saturated carbocycles. The number of aryl methyl sites for hydroxylation is 1. The Morgan fingerprint density at radius 3 is 2.29 bits per heavy atom. The van der Waals surface area contributed by atoms with Gasteiger partial charge in [-0.1, -0.05) is 44.7 Å². The zero-order valence-corrected chi connectivity index (χ0v) is 25.4. The van der Waals surface area contributed by atoms with Gasteiger partial charge in [0.25, 0.3) is 5.91 Å². The average Bonchev–Trinajstić information content (AvgIpc) is 3.40. The van der Waals surface area contributed by atoms with Crippen molar-refractivity contribution in [2.75, 3.05) is 7.05 Å². The van der Waals surface area contributed by atoms with Crippen LogP contribution in [0.25, 0.3) is 0 Å². The van der Waals surface area contributed by atoms with Gasteiger partial charge in [-0.05, 0) is 69.2 Å². The number of nitrogens with one attached hydrogen (secondary N) is 2. The van der Waals surface area contributed by atoms with E-state index in [1.54, 1.807) is 24.0 Å². The van der Waals surface area contributed by atoms with Gasteiger partial charge in [0.15, 0.2) is 0 Å². The number of hydrogen-bond donors (Lipinski definition) is 2. The monoisotopic (exact) mass is 560 g/mol. The second-order valence-electron chi connectivity index (χ2n) is 14.3. The molecule has 3 aliphatic carbocycles. The molecule has 4 aliphatic rings. The molecule has 6 atom stereocenters. The molecule has 2 aromatic rings. The molecule has 220 valence electrons. The molecule has 0 bridgehead atoms. The molecule has 41 heavy (non-hydrogen) atoms. The number of hydrogen-bond acceptors (Lipinski definition) is 4. The van der Waals surface area contributed by atoms with Crippen LogP contribution in [0.1, 0.15) is 88.7 Å². The summed E-state index contributed by atoms with van der Waals surface area (Å²) in [6.45, 7) is 8.37. The van der Waals surface area contributed by atoms with Crippen LogP contribution in [0.5, 0.6) is 0 Å². The lowest BCUT2D eigenvalue weighted by molar-refractivity contribution is -0.140. The van der Waals surface area contributed by atoms with E-state index in [1.165, 1.54) is 25.7 Å². The van der Waals surface area contributed by atoms with Crippen LogP contribution in [0.2, 0.25) is 0 Å². The van der Waals surface area contributed by atoms with Crippen LogP contribution in [0.3, 0.4) is 0 Å². The lowest BCUT2D eigenvalue weighted by Crippen LogP contribution is -2.69. The molecule has 2 heterocycles. The van der Waals surface area contributed by atoms with E-state index in [0.717, 1.165) is 30.5 Å². The van der Waals surface area contributed by atoms with Gasteiger partial charge in [0.2, 0.25) is 5.91 Å². The molecule has 2 N–H and O–H groups in total. The molecule has 3 amide bonds. The first kappa shape index (κ1) is 28.1. The van der Waals surface area contributed by atoms with E-state index in [4.69, 9.17) is 0 Å². The zero-order valence-electron chi connectivity index (χ0n) is 25.4. The molecular weight excluding hydrogens is 514 g/mol. The van der Waals surface area contributed by atoms with E-state index < -0.39 is 11.5 Å². The molecule has 8 heteroatoms. The number of carbonyl (C=O) groups is 3. The first-order chi connectivity index (χ1) is 19.4. The maximum atomic E-state index is 14.6. The maximum Gasteiger partial charge on any atom is 0.341 e. The van der Waals surface area contributed by atoms with Crippen LogP contribution in [0, 0.1) is 23.2 Å². The fourth-order valence-corrected chi connectivity index (χ4v) is 8.11. The normalized spacial score (nSPS) is 32.3. The number of benzene rings is 1. The van der Waals surface area contributed by atoms with Crippen LogP contribution < -0.4 is 15.1 Å². The standard InChI is InChI=1S/C33H45N5O3/c1-20(21-9-7-10-21)35-31(41)32(2,3)23-13-15-24(16-14-23)38(6)26-19-33(26,4)27(22-11-8-12-22)28(30(38)40)36-29(39)25-17-18-34-37(25)5/h13-18,20-22,26-28H,7-12,19H2,1-6H3,(H-,35,36,39,41)/p+1/t20?,26?,27?,28-,33?,38?/m0/s1. The van der Waals surface area contributed by atoms with E-state index in [-0.39, 0.29) is 45.6 Å². The van der Waals surface area contributed by atoms with Crippen molar-refractivity contribution >= 4 is 23.4 Å². The highest BCUT2D eigenvalue weighted by molar-refractivity contribution is 6.01. The molecule has 8 nitrogen and oxygen atoms in total. The first-order valence-corrected chi connectivity index (χ1v) is 15.5. The third kappa shape index (κ3) is 4.36. The van der Waals surface area contributed by atoms with Gasteiger partial charge < -0.3 is 10.6 Å². The number of nitrogens with zero attached hydrogens (tertiary/aromatic N) is 3. The summed E-state index contributed by atoms with van der Waals surface area (Å²) >= 11 is 0. The fraction of sp³-hybridized carbons (Fsp3) is 0.636. The lowest BCUT2D eigenvalue weighted by atomic mass is 9.64. The zero-order chi connectivity index (χ0) is 29.3. The van der Waals surface area contributed by atoms with Gasteiger partial charge in [-0.3, -0.25) is 14.3 Å². The van der Waals surface area contributed by atoms with Crippen LogP contribution in [0.15, 0.2) is 36.5 Å². The smallest absolute Gasteiger partial charge is 0.341 e. The Morgan fingerprint density at radius 2 is 1.76 bits per heavy atom. The minimum absolute atomic E-state index is 0.0202. The summed E-state index contributed by atoms with van der Waals surface area (Å²) in [5.74, 6) is 1.02. The quantitative estimate of drug-likeness (QED) is 0.466. The van der Waals surface area contributed by atoms with Gasteiger partial charge in [0.1, 0.15) is 23.5 Å². The Bertz CT molecular complexity index is 1360. The van der Waals surface area contributed by atoms with E-state index in [9.17, 15) is 14.4 Å². The van der Waals surface area contributed by atoms with Crippen molar-refractivity contribution in [3.8, 4) is 0 Å². The Balaban J connectivity index is 1.27. The molecule has 0 spiro atoms. The summed E-state index contributed by atoms with van der Waals surface area (Å²) in [6, 6.07) is 9.57. The minimum atomic E-state index is -0.690. The number of carbonyl (C=O) groups excluding carboxylic acids is 3. The van der Waals surface area contributed by atoms with E-state index in [0.29, 0.717) is 17.5 Å². The van der Waals surface area contributed by atoms with Crippen LogP contribution in [0.4, 0.5) is 5.69 Å². The second kappa shape index (κ2) is 9.79. The number of quaternary nitrogens is 1. The number of aromatic nitrogens is 2. The highest BCUT2D eigenvalue weighted by atomic mass is 16.2. The number of likely N-dealkylation sites (tertiary alicyclic amines) is 1. The number of amides is 3. The van der Waals surface area contributed by atoms with E-state index >= 15 is 0 Å². The van der Waals surface area contributed by atoms with Gasteiger partial charge in [0.05, 0.1) is 12.5 Å². The largest absolute Gasteiger partial charge is 0.353 e. The summed E-state index contributed by atoms with van der Waals surface area (Å²) in [4.78, 5) is 41.2. The third-order valence-corrected chi connectivity index (χ3v) is 11.6. The summed E-state index contributed by atoms with van der Waals surface area (Å²) in [7, 11) is 3.77. The predicted octanol–water partition coefficient (Wildman–Crippen LogP) is 4.47. The summed E-state index contributed by atoms with van der Waals surface area (Å²) in [5, 5.41) is 10.6. The van der Waals surface area contributed by atoms with Gasteiger partial charge in [-0.15, -0.1) is 0 Å². The third-order valence-electron chi connectivity index (χ3n) is 11.6. The average molecular weight is 561 g/mol. The molecule has 1 aromatic carbocycles. The van der Waals surface area contributed by atoms with Crippen molar-refractivity contribution in [2.45, 2.75) is 96.2 Å². The Labute approximate surface area is 243 Å². The number of piperidine rings is 1. The molecule has 1 saturated heterocycles. The Kier molecular flexibility index (Phi) is 6.72. The maximum absolute atomic E-state index is 14.6. The summed E-state index contributed by atoms with van der Waals surface area (Å²) in [5.41, 5.74) is 1.59. The van der Waals surface area contributed by atoms with Crippen molar-refractivity contribution < 1.29 is 14.4 Å². The lowest BCUT2D eigenvalue weighted by Gasteiger charge is -2.49. The predicted molar refractivity (Wildman–Crippen MR) is 159 cm³/mol. The van der Waals surface area contributed by atoms with Gasteiger partial charge in [-0.25, -0.2) is 9.28 Å². The first-order valence-electron chi connectivity index (χ1n) is 15.5. The minimum Gasteiger partial charge on any atom is -0.353 e. The van der Waals surface area contributed by atoms with E-state index in [2.05, 4.69) is 29.6 Å². The summed E-state index contributed by atoms with van der Waals surface area (Å²) < 4.78 is 1.72. The fourth-order valence-electron chi connectivity index (χ4n) is 8.11. The highest BCUT2D eigenvalue weighted by Crippen LogP contribution is 2.65. The Morgan fingerprint density at radius 1 is 1.10 bits per heavy atom. The van der Waals surface area contributed by atoms with Gasteiger partial charge in [0, 0.05) is 37.0 Å². The molecule has 4 fully saturated rings. The molecule has 6 rings (SSSR count). The van der Waals surface area contributed by atoms with Crippen molar-refractivity contribution in [3.63, 3.8) is 0 Å². The van der Waals surface area contributed by atoms with Crippen molar-refractivity contribution in [1.29, 1.82) is 0 Å². The molecule has 1 aromatic heterocycles. The number of fused-ring (bicyclic) bond motifs is 1. The van der Waals surface area contributed by atoms with Crippen LogP contribution in [-0.2, 0) is 22.1 Å². The van der Waals surface area contributed by atoms with Crippen molar-refractivity contribution in [3.05, 3.63) is 47.8 Å². The van der Waals surface area contributed by atoms with E-state index in [1.807, 2.05) is 45.2 Å². The molecule has 5 unspecified atom stereocenters. The molecule has 0 radical (unpaired) electrons. The number of likely N-dealkylation sites (N-methyl/N-ethyl adjacent to an activating group) is 1. The van der Waals surface area contributed by atoms with Crippen LogP contribution in [-0.4, -0.2) is 52.7 Å². The van der Waals surface area contributed by atoms with Gasteiger partial charge in [-0.2, -0.15) is 5.10 Å². The highest BCUT2D eigenvalue weighted by Gasteiger charge is 2.75. The Hall–Kier alpha value is -3.00. The van der Waals surface area contributed by atoms with Crippen LogP contribution >= 0.6 is 0 Å². The van der Waals surface area contributed by atoms with Crippen molar-refractivity contribution in [1.82, 2.24) is 24.9 Å². The summed E-state index contributed by atoms with van der Waals surface area (Å²) in [6.07, 6.45) is 9.62. The second-order valence-corrected chi connectivity index (χ2v) is 14.3. The number of rotatable bonds is 8. The SMILES string of the molecule is CC(NC(=O)C(C)(C)c1ccc([N+]2(C)C(=O)[C@@H](NC(=O)c3ccnn3C)C(C3CCC3)C3(C)CC32)cc1)C1CCC1. The molecule has 1 aliphatic heterocycles. The van der Waals surface area contributed by atoms with Gasteiger partial charge >= 0.3 is 5.91 Å².